The maximum Gasteiger partial charge on any atom is 0.137 e. The van der Waals surface area contributed by atoms with Crippen LogP contribution < -0.4 is 11.1 Å². The van der Waals surface area contributed by atoms with Gasteiger partial charge in [0.25, 0.3) is 0 Å². The first kappa shape index (κ1) is 11.2. The predicted octanol–water partition coefficient (Wildman–Crippen LogP) is 1.23. The number of nitrogens with one attached hydrogen (secondary N) is 1. The van der Waals surface area contributed by atoms with Gasteiger partial charge < -0.3 is 11.1 Å². The number of nitrogens with zero attached hydrogens (tertiary/aromatic N) is 3. The third kappa shape index (κ3) is 2.51. The standard InChI is InChI=1S/C13H17N5/c14-11-5-13(6-11)17-12-3-1-2-10(4-12)7-18-9-15-8-16-18/h1-4,8-9,11,13,17H,5-7,14H2. The molecular weight excluding hydrogens is 226 g/mol. The van der Waals surface area contributed by atoms with Crippen molar-refractivity contribution in [3.05, 3.63) is 42.5 Å². The van der Waals surface area contributed by atoms with Crippen LogP contribution in [0.3, 0.4) is 0 Å². The van der Waals surface area contributed by atoms with E-state index in [1.807, 2.05) is 4.68 Å². The molecule has 0 saturated heterocycles. The van der Waals surface area contributed by atoms with Crippen LogP contribution in [-0.2, 0) is 6.54 Å². The van der Waals surface area contributed by atoms with Gasteiger partial charge in [0, 0.05) is 17.8 Å². The molecule has 0 unspecified atom stereocenters. The lowest BCUT2D eigenvalue weighted by Gasteiger charge is -2.33. The van der Waals surface area contributed by atoms with E-state index in [-0.39, 0.29) is 0 Å². The molecule has 18 heavy (non-hydrogen) atoms. The summed E-state index contributed by atoms with van der Waals surface area (Å²) in [6, 6.07) is 9.31. The molecule has 0 bridgehead atoms. The van der Waals surface area contributed by atoms with Crippen molar-refractivity contribution in [1.29, 1.82) is 0 Å². The Morgan fingerprint density at radius 2 is 2.28 bits per heavy atom. The van der Waals surface area contributed by atoms with E-state index < -0.39 is 0 Å². The number of aromatic nitrogens is 3. The number of nitrogens with two attached hydrogens (primary N) is 1. The summed E-state index contributed by atoms with van der Waals surface area (Å²) in [6.45, 7) is 0.750. The molecule has 1 aliphatic carbocycles. The Labute approximate surface area is 106 Å². The third-order valence-corrected chi connectivity index (χ3v) is 3.28. The Kier molecular flexibility index (Phi) is 2.98. The van der Waals surface area contributed by atoms with Gasteiger partial charge in [-0.15, -0.1) is 0 Å². The van der Waals surface area contributed by atoms with E-state index in [2.05, 4.69) is 39.7 Å². The molecule has 0 aliphatic heterocycles. The Hall–Kier alpha value is -1.88. The van der Waals surface area contributed by atoms with E-state index in [1.54, 1.807) is 12.7 Å². The van der Waals surface area contributed by atoms with Crippen LogP contribution in [0.5, 0.6) is 0 Å². The lowest BCUT2D eigenvalue weighted by atomic mass is 9.87. The average molecular weight is 243 g/mol. The molecule has 94 valence electrons. The Morgan fingerprint density at radius 3 is 3.00 bits per heavy atom. The van der Waals surface area contributed by atoms with Crippen LogP contribution in [0.2, 0.25) is 0 Å². The Morgan fingerprint density at radius 1 is 1.39 bits per heavy atom. The van der Waals surface area contributed by atoms with E-state index in [0.717, 1.165) is 25.1 Å². The summed E-state index contributed by atoms with van der Waals surface area (Å²) in [5.74, 6) is 0. The molecule has 0 amide bonds. The minimum Gasteiger partial charge on any atom is -0.382 e. The van der Waals surface area contributed by atoms with Crippen LogP contribution >= 0.6 is 0 Å². The summed E-state index contributed by atoms with van der Waals surface area (Å²) in [4.78, 5) is 3.94. The van der Waals surface area contributed by atoms with Crippen LogP contribution in [-0.4, -0.2) is 26.8 Å². The van der Waals surface area contributed by atoms with Crippen molar-refractivity contribution in [2.75, 3.05) is 5.32 Å². The first-order valence-electron chi connectivity index (χ1n) is 6.23. The van der Waals surface area contributed by atoms with Gasteiger partial charge in [0.2, 0.25) is 0 Å². The Bertz CT molecular complexity index is 502. The first-order valence-corrected chi connectivity index (χ1v) is 6.23. The van der Waals surface area contributed by atoms with Crippen LogP contribution in [0.1, 0.15) is 18.4 Å². The van der Waals surface area contributed by atoms with Crippen molar-refractivity contribution in [2.45, 2.75) is 31.5 Å². The average Bonchev–Trinajstić information content (AvgIpc) is 2.80. The highest BCUT2D eigenvalue weighted by Gasteiger charge is 2.25. The van der Waals surface area contributed by atoms with Crippen molar-refractivity contribution < 1.29 is 0 Å². The zero-order valence-electron chi connectivity index (χ0n) is 10.2. The van der Waals surface area contributed by atoms with E-state index in [9.17, 15) is 0 Å². The van der Waals surface area contributed by atoms with Crippen molar-refractivity contribution in [1.82, 2.24) is 14.8 Å². The summed E-state index contributed by atoms with van der Waals surface area (Å²) in [6.07, 6.45) is 5.41. The second-order valence-electron chi connectivity index (χ2n) is 4.87. The molecule has 2 aromatic rings. The van der Waals surface area contributed by atoms with Crippen LogP contribution in [0.15, 0.2) is 36.9 Å². The molecule has 3 N–H and O–H groups in total. The van der Waals surface area contributed by atoms with E-state index >= 15 is 0 Å². The fraction of sp³-hybridized carbons (Fsp3) is 0.385. The number of anilines is 1. The van der Waals surface area contributed by atoms with Gasteiger partial charge >= 0.3 is 0 Å². The van der Waals surface area contributed by atoms with E-state index in [1.165, 1.54) is 5.56 Å². The van der Waals surface area contributed by atoms with Crippen molar-refractivity contribution in [3.8, 4) is 0 Å². The molecule has 1 fully saturated rings. The molecule has 1 aromatic heterocycles. The maximum absolute atomic E-state index is 5.78. The lowest BCUT2D eigenvalue weighted by Crippen LogP contribution is -2.44. The van der Waals surface area contributed by atoms with Crippen molar-refractivity contribution >= 4 is 5.69 Å². The summed E-state index contributed by atoms with van der Waals surface area (Å²) < 4.78 is 1.82. The number of hydrogen-bond donors (Lipinski definition) is 2. The van der Waals surface area contributed by atoms with E-state index in [4.69, 9.17) is 5.73 Å². The van der Waals surface area contributed by atoms with Crippen molar-refractivity contribution in [2.24, 2.45) is 5.73 Å². The largest absolute Gasteiger partial charge is 0.382 e. The number of benzene rings is 1. The third-order valence-electron chi connectivity index (χ3n) is 3.28. The summed E-state index contributed by atoms with van der Waals surface area (Å²) in [5, 5.41) is 7.61. The first-order chi connectivity index (χ1) is 8.79. The molecule has 1 heterocycles. The van der Waals surface area contributed by atoms with Crippen LogP contribution in [0, 0.1) is 0 Å². The van der Waals surface area contributed by atoms with E-state index in [0.29, 0.717) is 12.1 Å². The normalized spacial score (nSPS) is 22.5. The molecular formula is C13H17N5. The molecule has 0 atom stereocenters. The van der Waals surface area contributed by atoms with Gasteiger partial charge in [-0.1, -0.05) is 12.1 Å². The second kappa shape index (κ2) is 4.78. The highest BCUT2D eigenvalue weighted by molar-refractivity contribution is 5.47. The van der Waals surface area contributed by atoms with Gasteiger partial charge in [-0.3, -0.25) is 0 Å². The molecule has 0 radical (unpaired) electrons. The molecule has 3 rings (SSSR count). The zero-order chi connectivity index (χ0) is 12.4. The van der Waals surface area contributed by atoms with Gasteiger partial charge in [-0.2, -0.15) is 5.10 Å². The number of hydrogen-bond acceptors (Lipinski definition) is 4. The van der Waals surface area contributed by atoms with Gasteiger partial charge in [0.05, 0.1) is 6.54 Å². The molecule has 0 spiro atoms. The van der Waals surface area contributed by atoms with Gasteiger partial charge in [0.1, 0.15) is 12.7 Å². The Balaban J connectivity index is 1.65. The van der Waals surface area contributed by atoms with Crippen LogP contribution in [0.25, 0.3) is 0 Å². The fourth-order valence-corrected chi connectivity index (χ4v) is 2.28. The minimum atomic E-state index is 0.376. The molecule has 1 saturated carbocycles. The predicted molar refractivity (Wildman–Crippen MR) is 70.2 cm³/mol. The summed E-state index contributed by atoms with van der Waals surface area (Å²) in [7, 11) is 0. The smallest absolute Gasteiger partial charge is 0.137 e. The topological polar surface area (TPSA) is 68.8 Å². The lowest BCUT2D eigenvalue weighted by molar-refractivity contribution is 0.373. The quantitative estimate of drug-likeness (QED) is 0.847. The van der Waals surface area contributed by atoms with Crippen molar-refractivity contribution in [3.63, 3.8) is 0 Å². The summed E-state index contributed by atoms with van der Waals surface area (Å²) in [5.41, 5.74) is 8.16. The second-order valence-corrected chi connectivity index (χ2v) is 4.87. The molecule has 1 aliphatic rings. The maximum atomic E-state index is 5.78. The monoisotopic (exact) mass is 243 g/mol. The minimum absolute atomic E-state index is 0.376. The molecule has 5 heteroatoms. The fourth-order valence-electron chi connectivity index (χ4n) is 2.28. The number of rotatable bonds is 4. The molecule has 5 nitrogen and oxygen atoms in total. The van der Waals surface area contributed by atoms with Gasteiger partial charge in [-0.25, -0.2) is 9.67 Å². The van der Waals surface area contributed by atoms with Gasteiger partial charge in [-0.05, 0) is 30.5 Å². The highest BCUT2D eigenvalue weighted by atomic mass is 15.3. The summed E-state index contributed by atoms with van der Waals surface area (Å²) >= 11 is 0. The van der Waals surface area contributed by atoms with Gasteiger partial charge in [0.15, 0.2) is 0 Å². The molecule has 1 aromatic carbocycles. The zero-order valence-corrected chi connectivity index (χ0v) is 10.2. The SMILES string of the molecule is NC1CC(Nc2cccc(Cn3cncn3)c2)C1. The van der Waals surface area contributed by atoms with Crippen LogP contribution in [0.4, 0.5) is 5.69 Å². The highest BCUT2D eigenvalue weighted by Crippen LogP contribution is 2.23.